The zero-order valence-corrected chi connectivity index (χ0v) is 19.5. The van der Waals surface area contributed by atoms with Crippen LogP contribution in [0.3, 0.4) is 0 Å². The van der Waals surface area contributed by atoms with Crippen molar-refractivity contribution in [1.29, 1.82) is 0 Å². The standard InChI is InChI=1S/C24H26F3N3O5/c1-4-18(13-5-11(13)2)30-19(35-3)10-29-9-15(21(31)22(32)20(29)24(30)34)23(33)28-8-14-16(26)6-12(25)7-17(14)27/h6-7,9,11,13,18-19,32H,4-5,8,10H2,1-3H3,(H,28,33). The van der Waals surface area contributed by atoms with Gasteiger partial charge in [-0.25, -0.2) is 13.2 Å². The van der Waals surface area contributed by atoms with Crippen molar-refractivity contribution in [2.45, 2.75) is 52.0 Å². The van der Waals surface area contributed by atoms with Gasteiger partial charge in [0.15, 0.2) is 17.7 Å². The van der Waals surface area contributed by atoms with E-state index in [0.717, 1.165) is 12.6 Å². The molecule has 4 atom stereocenters. The van der Waals surface area contributed by atoms with Gasteiger partial charge in [0, 0.05) is 43.6 Å². The third kappa shape index (κ3) is 4.40. The Balaban J connectivity index is 1.64. The first kappa shape index (κ1) is 24.8. The van der Waals surface area contributed by atoms with Crippen molar-refractivity contribution >= 4 is 11.8 Å². The summed E-state index contributed by atoms with van der Waals surface area (Å²) < 4.78 is 47.7. The second-order valence-corrected chi connectivity index (χ2v) is 9.01. The minimum Gasteiger partial charge on any atom is -0.503 e. The number of carbonyl (C=O) groups excluding carboxylic acids is 2. The summed E-state index contributed by atoms with van der Waals surface area (Å²) >= 11 is 0. The Hall–Kier alpha value is -3.34. The largest absolute Gasteiger partial charge is 0.503 e. The van der Waals surface area contributed by atoms with Crippen LogP contribution in [-0.4, -0.2) is 45.8 Å². The van der Waals surface area contributed by atoms with Crippen LogP contribution in [0.25, 0.3) is 0 Å². The molecule has 2 aromatic rings. The fourth-order valence-corrected chi connectivity index (χ4v) is 4.84. The van der Waals surface area contributed by atoms with Crippen molar-refractivity contribution in [3.05, 3.63) is 62.8 Å². The Morgan fingerprint density at radius 3 is 2.43 bits per heavy atom. The van der Waals surface area contributed by atoms with Crippen LogP contribution < -0.4 is 10.7 Å². The Morgan fingerprint density at radius 2 is 1.89 bits per heavy atom. The van der Waals surface area contributed by atoms with Crippen molar-refractivity contribution in [3.8, 4) is 5.75 Å². The first-order valence-electron chi connectivity index (χ1n) is 11.3. The zero-order chi connectivity index (χ0) is 25.6. The Morgan fingerprint density at radius 1 is 1.26 bits per heavy atom. The van der Waals surface area contributed by atoms with E-state index in [-0.39, 0.29) is 18.3 Å². The number of fused-ring (bicyclic) bond motifs is 1. The van der Waals surface area contributed by atoms with Crippen LogP contribution >= 0.6 is 0 Å². The van der Waals surface area contributed by atoms with E-state index in [0.29, 0.717) is 30.4 Å². The minimum absolute atomic E-state index is 0.0600. The lowest BCUT2D eigenvalue weighted by Gasteiger charge is -2.41. The van der Waals surface area contributed by atoms with Crippen LogP contribution in [0.15, 0.2) is 23.1 Å². The summed E-state index contributed by atoms with van der Waals surface area (Å²) in [7, 11) is 1.45. The summed E-state index contributed by atoms with van der Waals surface area (Å²) in [5, 5.41) is 12.8. The number of methoxy groups -OCH3 is 1. The van der Waals surface area contributed by atoms with E-state index in [1.807, 2.05) is 6.92 Å². The smallest absolute Gasteiger partial charge is 0.276 e. The molecular formula is C24H26F3N3O5. The molecular weight excluding hydrogens is 467 g/mol. The van der Waals surface area contributed by atoms with Gasteiger partial charge in [-0.15, -0.1) is 0 Å². The normalized spacial score (nSPS) is 22.1. The predicted molar refractivity (Wildman–Crippen MR) is 118 cm³/mol. The number of carbonyl (C=O) groups is 2. The fourth-order valence-electron chi connectivity index (χ4n) is 4.84. The number of halogens is 3. The molecule has 4 rings (SSSR count). The van der Waals surface area contributed by atoms with Gasteiger partial charge in [-0.2, -0.15) is 0 Å². The van der Waals surface area contributed by atoms with Crippen LogP contribution in [0.1, 0.15) is 53.1 Å². The summed E-state index contributed by atoms with van der Waals surface area (Å²) in [6.45, 7) is 3.44. The highest BCUT2D eigenvalue weighted by Crippen LogP contribution is 2.45. The van der Waals surface area contributed by atoms with E-state index in [4.69, 9.17) is 4.74 Å². The molecule has 1 aliphatic carbocycles. The maximum absolute atomic E-state index is 13.9. The minimum atomic E-state index is -1.20. The molecule has 8 nitrogen and oxygen atoms in total. The van der Waals surface area contributed by atoms with Gasteiger partial charge in [0.05, 0.1) is 6.54 Å². The van der Waals surface area contributed by atoms with Gasteiger partial charge in [0.1, 0.15) is 23.0 Å². The first-order chi connectivity index (χ1) is 16.6. The first-order valence-corrected chi connectivity index (χ1v) is 11.3. The molecule has 0 saturated heterocycles. The number of aromatic hydroxyl groups is 1. The van der Waals surface area contributed by atoms with Crippen LogP contribution in [0.2, 0.25) is 0 Å². The fraction of sp³-hybridized carbons (Fsp3) is 0.458. The lowest BCUT2D eigenvalue weighted by Crippen LogP contribution is -2.55. The molecule has 1 aromatic carbocycles. The molecule has 0 radical (unpaired) electrons. The van der Waals surface area contributed by atoms with Gasteiger partial charge in [-0.3, -0.25) is 14.4 Å². The molecule has 35 heavy (non-hydrogen) atoms. The van der Waals surface area contributed by atoms with Gasteiger partial charge in [-0.05, 0) is 24.7 Å². The molecule has 188 valence electrons. The molecule has 11 heteroatoms. The molecule has 1 fully saturated rings. The number of rotatable bonds is 7. The van der Waals surface area contributed by atoms with Gasteiger partial charge in [0.25, 0.3) is 11.8 Å². The number of nitrogens with zero attached hydrogens (tertiary/aromatic N) is 2. The third-order valence-corrected chi connectivity index (χ3v) is 6.85. The number of hydrogen-bond donors (Lipinski definition) is 2. The van der Waals surface area contributed by atoms with Crippen LogP contribution in [-0.2, 0) is 17.8 Å². The van der Waals surface area contributed by atoms with E-state index >= 15 is 0 Å². The summed E-state index contributed by atoms with van der Waals surface area (Å²) in [5.41, 5.74) is -2.45. The summed E-state index contributed by atoms with van der Waals surface area (Å²) in [4.78, 5) is 40.4. The average molecular weight is 493 g/mol. The van der Waals surface area contributed by atoms with Crippen molar-refractivity contribution < 1.29 is 32.6 Å². The molecule has 1 saturated carbocycles. The molecule has 2 amide bonds. The van der Waals surface area contributed by atoms with Crippen LogP contribution in [0, 0.1) is 29.3 Å². The second-order valence-electron chi connectivity index (χ2n) is 9.01. The summed E-state index contributed by atoms with van der Waals surface area (Å²) in [5.74, 6) is -5.25. The van der Waals surface area contributed by atoms with Gasteiger partial charge in [-0.1, -0.05) is 13.8 Å². The molecule has 0 bridgehead atoms. The van der Waals surface area contributed by atoms with Crippen LogP contribution in [0.4, 0.5) is 13.2 Å². The van der Waals surface area contributed by atoms with Gasteiger partial charge in [0.2, 0.25) is 5.43 Å². The quantitative estimate of drug-likeness (QED) is 0.618. The van der Waals surface area contributed by atoms with E-state index in [2.05, 4.69) is 12.2 Å². The van der Waals surface area contributed by atoms with E-state index < -0.39 is 64.3 Å². The number of nitrogens with one attached hydrogen (secondary N) is 1. The summed E-state index contributed by atoms with van der Waals surface area (Å²) in [6, 6.07) is 0.811. The highest BCUT2D eigenvalue weighted by atomic mass is 19.1. The number of aromatic nitrogens is 1. The lowest BCUT2D eigenvalue weighted by molar-refractivity contribution is -0.0617. The van der Waals surface area contributed by atoms with Crippen LogP contribution in [0.5, 0.6) is 5.75 Å². The average Bonchev–Trinajstić information content (AvgIpc) is 3.52. The molecule has 1 aliphatic heterocycles. The molecule has 2 aliphatic rings. The Labute approximate surface area is 199 Å². The number of pyridine rings is 1. The van der Waals surface area contributed by atoms with Gasteiger partial charge < -0.3 is 24.6 Å². The SMILES string of the molecule is CCC(C1CC1C)N1C(=O)c2c(O)c(=O)c(C(=O)NCc3c(F)cc(F)cc3F)cn2CC1OC. The van der Waals surface area contributed by atoms with E-state index in [1.165, 1.54) is 11.7 Å². The number of hydrogen-bond acceptors (Lipinski definition) is 5. The molecule has 4 unspecified atom stereocenters. The summed E-state index contributed by atoms with van der Waals surface area (Å²) in [6.07, 6.45) is 2.06. The Bertz CT molecular complexity index is 1220. The molecule has 2 N–H and O–H groups in total. The molecule has 1 aromatic heterocycles. The van der Waals surface area contributed by atoms with Crippen molar-refractivity contribution in [1.82, 2.24) is 14.8 Å². The molecule has 0 spiro atoms. The van der Waals surface area contributed by atoms with E-state index in [9.17, 15) is 32.7 Å². The zero-order valence-electron chi connectivity index (χ0n) is 19.5. The second kappa shape index (κ2) is 9.37. The van der Waals surface area contributed by atoms with Crippen molar-refractivity contribution in [2.75, 3.05) is 7.11 Å². The maximum atomic E-state index is 13.9. The molecule has 2 heterocycles. The highest BCUT2D eigenvalue weighted by Gasteiger charge is 2.47. The predicted octanol–water partition coefficient (Wildman–Crippen LogP) is 2.76. The van der Waals surface area contributed by atoms with Crippen molar-refractivity contribution in [2.24, 2.45) is 11.8 Å². The Kier molecular flexibility index (Phi) is 6.63. The van der Waals surface area contributed by atoms with E-state index in [1.54, 1.807) is 4.90 Å². The number of amides is 2. The lowest BCUT2D eigenvalue weighted by atomic mass is 10.0. The van der Waals surface area contributed by atoms with Gasteiger partial charge >= 0.3 is 0 Å². The van der Waals surface area contributed by atoms with Crippen molar-refractivity contribution in [3.63, 3.8) is 0 Å². The number of ether oxygens (including phenoxy) is 1. The topological polar surface area (TPSA) is 101 Å². The monoisotopic (exact) mass is 493 g/mol. The number of benzene rings is 1. The maximum Gasteiger partial charge on any atom is 0.276 e. The third-order valence-electron chi connectivity index (χ3n) is 6.85. The highest BCUT2D eigenvalue weighted by molar-refractivity contribution is 5.99.